The molecule has 0 amide bonds. The Hall–Kier alpha value is -0.303. The summed E-state index contributed by atoms with van der Waals surface area (Å²) in [6.07, 6.45) is 8.17. The summed E-state index contributed by atoms with van der Waals surface area (Å²) in [7, 11) is 0.0533. The number of allylic oxidation sites excluding steroid dienone is 4. The monoisotopic (exact) mass is 234 g/mol. The summed E-state index contributed by atoms with van der Waals surface area (Å²) >= 11 is 0. The first kappa shape index (κ1) is 12.2. The van der Waals surface area contributed by atoms with Gasteiger partial charge >= 0.3 is 0 Å². The maximum Gasteiger partial charge on any atom is 0.0304 e. The molecule has 0 nitrogen and oxygen atoms in total. The molecule has 0 saturated heterocycles. The van der Waals surface area contributed by atoms with Gasteiger partial charge in [0.25, 0.3) is 0 Å². The Morgan fingerprint density at radius 1 is 1.25 bits per heavy atom. The largest absolute Gasteiger partial charge is 0.0662 e. The molecule has 1 atom stereocenters. The SMILES string of the molecule is CC1C(C[SiH2]C(C)(C)C)=CC2=C1CCCC2. The zero-order chi connectivity index (χ0) is 11.8. The van der Waals surface area contributed by atoms with E-state index in [4.69, 9.17) is 0 Å². The molecule has 2 aliphatic rings. The van der Waals surface area contributed by atoms with E-state index in [1.165, 1.54) is 31.7 Å². The molecule has 0 aromatic carbocycles. The second-order valence-corrected chi connectivity index (χ2v) is 9.88. The van der Waals surface area contributed by atoms with Crippen molar-refractivity contribution >= 4 is 9.52 Å². The third-order valence-electron chi connectivity index (χ3n) is 4.16. The predicted molar refractivity (Wildman–Crippen MR) is 75.8 cm³/mol. The van der Waals surface area contributed by atoms with Gasteiger partial charge in [-0.25, -0.2) is 0 Å². The average molecular weight is 234 g/mol. The van der Waals surface area contributed by atoms with E-state index in [0.29, 0.717) is 5.04 Å². The van der Waals surface area contributed by atoms with Crippen LogP contribution in [0.15, 0.2) is 22.8 Å². The van der Waals surface area contributed by atoms with Crippen LogP contribution in [0.3, 0.4) is 0 Å². The Morgan fingerprint density at radius 3 is 2.56 bits per heavy atom. The minimum Gasteiger partial charge on any atom is -0.0662 e. The summed E-state index contributed by atoms with van der Waals surface area (Å²) in [4.78, 5) is 0. The van der Waals surface area contributed by atoms with Crippen molar-refractivity contribution in [3.05, 3.63) is 22.8 Å². The van der Waals surface area contributed by atoms with E-state index >= 15 is 0 Å². The molecule has 0 fully saturated rings. The summed E-state index contributed by atoms with van der Waals surface area (Å²) < 4.78 is 0. The molecule has 16 heavy (non-hydrogen) atoms. The van der Waals surface area contributed by atoms with E-state index < -0.39 is 0 Å². The molecule has 0 N–H and O–H groups in total. The standard InChI is InChI=1S/C15H26Si/c1-11-13(10-16-15(2,3)4)9-12-7-5-6-8-14(11)12/h9,11H,5-8,10,16H2,1-4H3. The highest BCUT2D eigenvalue weighted by Gasteiger charge is 2.26. The lowest BCUT2D eigenvalue weighted by atomic mass is 9.88. The molecule has 2 aliphatic carbocycles. The highest BCUT2D eigenvalue weighted by atomic mass is 28.2. The molecule has 90 valence electrons. The van der Waals surface area contributed by atoms with Crippen molar-refractivity contribution in [2.45, 2.75) is 64.5 Å². The fourth-order valence-corrected chi connectivity index (χ4v) is 4.61. The number of hydrogen-bond acceptors (Lipinski definition) is 0. The van der Waals surface area contributed by atoms with Gasteiger partial charge in [0.15, 0.2) is 0 Å². The van der Waals surface area contributed by atoms with Crippen LogP contribution < -0.4 is 0 Å². The summed E-state index contributed by atoms with van der Waals surface area (Å²) in [5.41, 5.74) is 5.29. The molecule has 0 bridgehead atoms. The van der Waals surface area contributed by atoms with Gasteiger partial charge in [0, 0.05) is 9.52 Å². The normalized spacial score (nSPS) is 26.5. The van der Waals surface area contributed by atoms with Gasteiger partial charge in [0.2, 0.25) is 0 Å². The van der Waals surface area contributed by atoms with E-state index in [0.717, 1.165) is 5.92 Å². The van der Waals surface area contributed by atoms with Crippen LogP contribution in [0.4, 0.5) is 0 Å². The first-order valence-electron chi connectivity index (χ1n) is 6.90. The Labute approximate surface area is 103 Å². The molecule has 0 spiro atoms. The molecule has 0 heterocycles. The first-order chi connectivity index (χ1) is 7.47. The molecular weight excluding hydrogens is 208 g/mol. The van der Waals surface area contributed by atoms with Crippen molar-refractivity contribution in [1.29, 1.82) is 0 Å². The minimum absolute atomic E-state index is 0.0533. The first-order valence-corrected chi connectivity index (χ1v) is 8.60. The van der Waals surface area contributed by atoms with Gasteiger partial charge in [-0.05, 0) is 48.3 Å². The fourth-order valence-electron chi connectivity index (χ4n) is 2.99. The smallest absolute Gasteiger partial charge is 0.0304 e. The van der Waals surface area contributed by atoms with Gasteiger partial charge in [-0.1, -0.05) is 44.9 Å². The Balaban J connectivity index is 1.99. The maximum atomic E-state index is 2.57. The van der Waals surface area contributed by atoms with Crippen molar-refractivity contribution in [1.82, 2.24) is 0 Å². The topological polar surface area (TPSA) is 0 Å². The van der Waals surface area contributed by atoms with Crippen molar-refractivity contribution in [2.75, 3.05) is 0 Å². The van der Waals surface area contributed by atoms with Crippen molar-refractivity contribution in [2.24, 2.45) is 5.92 Å². The lowest BCUT2D eigenvalue weighted by Crippen LogP contribution is -2.11. The summed E-state index contributed by atoms with van der Waals surface area (Å²) in [6.45, 7) is 9.67. The van der Waals surface area contributed by atoms with Crippen LogP contribution in [0.1, 0.15) is 53.4 Å². The van der Waals surface area contributed by atoms with E-state index in [-0.39, 0.29) is 9.52 Å². The van der Waals surface area contributed by atoms with Gasteiger partial charge in [-0.15, -0.1) is 0 Å². The highest BCUT2D eigenvalue weighted by Crippen LogP contribution is 2.42. The Kier molecular flexibility index (Phi) is 3.44. The van der Waals surface area contributed by atoms with Crippen LogP contribution in [0.2, 0.25) is 11.1 Å². The molecule has 0 aliphatic heterocycles. The van der Waals surface area contributed by atoms with Crippen LogP contribution in [0, 0.1) is 5.92 Å². The summed E-state index contributed by atoms with van der Waals surface area (Å²) in [5.74, 6) is 0.796. The maximum absolute atomic E-state index is 2.57. The van der Waals surface area contributed by atoms with Gasteiger partial charge in [0.05, 0.1) is 0 Å². The van der Waals surface area contributed by atoms with Crippen LogP contribution in [-0.2, 0) is 0 Å². The van der Waals surface area contributed by atoms with E-state index in [1.54, 1.807) is 16.7 Å². The quantitative estimate of drug-likeness (QED) is 0.627. The fraction of sp³-hybridized carbons (Fsp3) is 0.733. The average Bonchev–Trinajstić information content (AvgIpc) is 2.53. The minimum atomic E-state index is 0.0533. The van der Waals surface area contributed by atoms with E-state index in [2.05, 4.69) is 33.8 Å². The van der Waals surface area contributed by atoms with E-state index in [9.17, 15) is 0 Å². The van der Waals surface area contributed by atoms with Gasteiger partial charge in [0.1, 0.15) is 0 Å². The molecule has 2 rings (SSSR count). The van der Waals surface area contributed by atoms with Crippen molar-refractivity contribution in [3.8, 4) is 0 Å². The third kappa shape index (κ3) is 2.68. The molecule has 0 radical (unpaired) electrons. The zero-order valence-corrected chi connectivity index (χ0v) is 12.8. The zero-order valence-electron chi connectivity index (χ0n) is 11.4. The molecule has 0 aromatic heterocycles. The van der Waals surface area contributed by atoms with Gasteiger partial charge in [-0.3, -0.25) is 0 Å². The number of rotatable bonds is 2. The molecule has 0 saturated carbocycles. The third-order valence-corrected chi connectivity index (χ3v) is 6.48. The Morgan fingerprint density at radius 2 is 1.94 bits per heavy atom. The molecular formula is C15H26Si. The van der Waals surface area contributed by atoms with Gasteiger partial charge in [-0.2, -0.15) is 0 Å². The van der Waals surface area contributed by atoms with Gasteiger partial charge < -0.3 is 0 Å². The molecule has 1 heteroatoms. The second kappa shape index (κ2) is 4.52. The lowest BCUT2D eigenvalue weighted by molar-refractivity contribution is 0.635. The van der Waals surface area contributed by atoms with Crippen LogP contribution in [0.5, 0.6) is 0 Å². The molecule has 1 unspecified atom stereocenters. The van der Waals surface area contributed by atoms with Crippen molar-refractivity contribution < 1.29 is 0 Å². The summed E-state index contributed by atoms with van der Waals surface area (Å²) in [5, 5.41) is 0.615. The van der Waals surface area contributed by atoms with Crippen LogP contribution in [0.25, 0.3) is 0 Å². The summed E-state index contributed by atoms with van der Waals surface area (Å²) in [6, 6.07) is 1.44. The van der Waals surface area contributed by atoms with E-state index in [1.807, 2.05) is 0 Å². The molecule has 0 aromatic rings. The second-order valence-electron chi connectivity index (χ2n) is 6.76. The van der Waals surface area contributed by atoms with Crippen LogP contribution >= 0.6 is 0 Å². The number of hydrogen-bond donors (Lipinski definition) is 0. The highest BCUT2D eigenvalue weighted by molar-refractivity contribution is 6.40. The predicted octanol–water partition coefficient (Wildman–Crippen LogP) is 4.24. The van der Waals surface area contributed by atoms with Crippen molar-refractivity contribution in [3.63, 3.8) is 0 Å². The Bertz CT molecular complexity index is 328. The van der Waals surface area contributed by atoms with Crippen LogP contribution in [-0.4, -0.2) is 9.52 Å². The lowest BCUT2D eigenvalue weighted by Gasteiger charge is -2.21.